The van der Waals surface area contributed by atoms with Gasteiger partial charge in [-0.3, -0.25) is 0 Å². The highest BCUT2D eigenvalue weighted by atomic mass is 16.4. The Hall–Kier alpha value is -0.830. The zero-order chi connectivity index (χ0) is 10.1. The quantitative estimate of drug-likeness (QED) is 0.799. The minimum atomic E-state index is 0.438. The van der Waals surface area contributed by atoms with Crippen molar-refractivity contribution in [3.8, 4) is 0 Å². The van der Waals surface area contributed by atoms with Gasteiger partial charge in [-0.1, -0.05) is 13.8 Å². The third kappa shape index (κ3) is 1.82. The number of rotatable bonds is 4. The molecular formula is C11H18N2O. The van der Waals surface area contributed by atoms with Crippen molar-refractivity contribution >= 4 is 0 Å². The van der Waals surface area contributed by atoms with Crippen LogP contribution in [0.1, 0.15) is 55.9 Å². The fraction of sp³-hybridized carbons (Fsp3) is 0.727. The minimum Gasteiger partial charge on any atom is -0.445 e. The van der Waals surface area contributed by atoms with E-state index in [1.165, 1.54) is 12.8 Å². The third-order valence-electron chi connectivity index (χ3n) is 2.59. The number of hydrogen-bond acceptors (Lipinski definition) is 3. The van der Waals surface area contributed by atoms with Crippen LogP contribution < -0.4 is 5.73 Å². The smallest absolute Gasteiger partial charge is 0.197 e. The SMILES string of the molecule is CC(C)c1nc(C2CC2)oc1CCN. The van der Waals surface area contributed by atoms with Gasteiger partial charge in [0.05, 0.1) is 5.69 Å². The molecule has 2 rings (SSSR count). The lowest BCUT2D eigenvalue weighted by Crippen LogP contribution is -2.04. The van der Waals surface area contributed by atoms with Crippen molar-refractivity contribution in [3.63, 3.8) is 0 Å². The summed E-state index contributed by atoms with van der Waals surface area (Å²) in [6, 6.07) is 0. The Bertz CT molecular complexity index is 313. The second-order valence-electron chi connectivity index (χ2n) is 4.33. The predicted octanol–water partition coefficient (Wildman–Crippen LogP) is 2.18. The number of hydrogen-bond donors (Lipinski definition) is 1. The normalized spacial score (nSPS) is 16.6. The van der Waals surface area contributed by atoms with Crippen molar-refractivity contribution < 1.29 is 4.42 Å². The number of nitrogens with zero attached hydrogens (tertiary/aromatic N) is 1. The molecule has 1 aromatic heterocycles. The summed E-state index contributed by atoms with van der Waals surface area (Å²) in [6.45, 7) is 4.93. The molecule has 3 nitrogen and oxygen atoms in total. The molecule has 0 spiro atoms. The summed E-state index contributed by atoms with van der Waals surface area (Å²) in [5.41, 5.74) is 6.65. The van der Waals surface area contributed by atoms with Crippen LogP contribution in [0.15, 0.2) is 4.42 Å². The maximum Gasteiger partial charge on any atom is 0.197 e. The van der Waals surface area contributed by atoms with Crippen molar-refractivity contribution in [1.29, 1.82) is 0 Å². The van der Waals surface area contributed by atoms with E-state index in [1.54, 1.807) is 0 Å². The van der Waals surface area contributed by atoms with Gasteiger partial charge in [-0.05, 0) is 25.3 Å². The summed E-state index contributed by atoms with van der Waals surface area (Å²) in [7, 11) is 0. The monoisotopic (exact) mass is 194 g/mol. The molecule has 1 aliphatic rings. The number of aromatic nitrogens is 1. The lowest BCUT2D eigenvalue weighted by atomic mass is 10.1. The van der Waals surface area contributed by atoms with Crippen LogP contribution in [0.3, 0.4) is 0 Å². The van der Waals surface area contributed by atoms with Crippen molar-refractivity contribution in [1.82, 2.24) is 4.98 Å². The molecule has 2 N–H and O–H groups in total. The first-order valence-electron chi connectivity index (χ1n) is 5.42. The number of nitrogens with two attached hydrogens (primary N) is 1. The molecule has 78 valence electrons. The van der Waals surface area contributed by atoms with Crippen LogP contribution in [0.4, 0.5) is 0 Å². The Labute approximate surface area is 84.7 Å². The zero-order valence-electron chi connectivity index (χ0n) is 8.92. The van der Waals surface area contributed by atoms with E-state index in [1.807, 2.05) is 0 Å². The lowest BCUT2D eigenvalue weighted by molar-refractivity contribution is 0.455. The van der Waals surface area contributed by atoms with Gasteiger partial charge in [0.2, 0.25) is 0 Å². The largest absolute Gasteiger partial charge is 0.445 e. The second kappa shape index (κ2) is 3.73. The Morgan fingerprint density at radius 3 is 2.71 bits per heavy atom. The third-order valence-corrected chi connectivity index (χ3v) is 2.59. The topological polar surface area (TPSA) is 52.0 Å². The molecule has 1 saturated carbocycles. The Morgan fingerprint density at radius 1 is 1.50 bits per heavy atom. The molecule has 1 aromatic rings. The van der Waals surface area contributed by atoms with Crippen LogP contribution >= 0.6 is 0 Å². The maximum absolute atomic E-state index is 5.75. The van der Waals surface area contributed by atoms with Crippen molar-refractivity contribution in [2.45, 2.75) is 44.9 Å². The van der Waals surface area contributed by atoms with E-state index < -0.39 is 0 Å². The van der Waals surface area contributed by atoms with Gasteiger partial charge in [0, 0.05) is 12.3 Å². The maximum atomic E-state index is 5.75. The average molecular weight is 194 g/mol. The van der Waals surface area contributed by atoms with E-state index in [-0.39, 0.29) is 0 Å². The molecule has 3 heteroatoms. The summed E-state index contributed by atoms with van der Waals surface area (Å²) in [5.74, 6) is 2.98. The van der Waals surface area contributed by atoms with Crippen LogP contribution in [0.2, 0.25) is 0 Å². The van der Waals surface area contributed by atoms with E-state index >= 15 is 0 Å². The van der Waals surface area contributed by atoms with Crippen molar-refractivity contribution in [2.75, 3.05) is 6.54 Å². The summed E-state index contributed by atoms with van der Waals surface area (Å²) >= 11 is 0. The van der Waals surface area contributed by atoms with Crippen LogP contribution in [0.5, 0.6) is 0 Å². The summed E-state index contributed by atoms with van der Waals surface area (Å²) in [5, 5.41) is 0. The molecule has 0 amide bonds. The van der Waals surface area contributed by atoms with E-state index in [9.17, 15) is 0 Å². The lowest BCUT2D eigenvalue weighted by Gasteiger charge is -2.01. The molecule has 0 aliphatic heterocycles. The van der Waals surface area contributed by atoms with E-state index in [0.29, 0.717) is 18.4 Å². The predicted molar refractivity (Wildman–Crippen MR) is 55.3 cm³/mol. The van der Waals surface area contributed by atoms with Crippen LogP contribution in [-0.4, -0.2) is 11.5 Å². The molecule has 1 fully saturated rings. The van der Waals surface area contributed by atoms with Crippen molar-refractivity contribution in [3.05, 3.63) is 17.3 Å². The highest BCUT2D eigenvalue weighted by molar-refractivity contribution is 5.17. The van der Waals surface area contributed by atoms with Gasteiger partial charge < -0.3 is 10.2 Å². The minimum absolute atomic E-state index is 0.438. The van der Waals surface area contributed by atoms with Crippen molar-refractivity contribution in [2.24, 2.45) is 5.73 Å². The fourth-order valence-electron chi connectivity index (χ4n) is 1.65. The Morgan fingerprint density at radius 2 is 2.21 bits per heavy atom. The highest BCUT2D eigenvalue weighted by Crippen LogP contribution is 2.40. The molecule has 0 aromatic carbocycles. The van der Waals surface area contributed by atoms with Gasteiger partial charge in [0.15, 0.2) is 5.89 Å². The molecule has 0 bridgehead atoms. The average Bonchev–Trinajstić information content (AvgIpc) is 2.89. The van der Waals surface area contributed by atoms with Gasteiger partial charge >= 0.3 is 0 Å². The molecule has 14 heavy (non-hydrogen) atoms. The van der Waals surface area contributed by atoms with Crippen LogP contribution in [-0.2, 0) is 6.42 Å². The highest BCUT2D eigenvalue weighted by Gasteiger charge is 2.30. The van der Waals surface area contributed by atoms with E-state index in [4.69, 9.17) is 10.2 Å². The molecule has 1 aliphatic carbocycles. The molecule has 0 atom stereocenters. The first-order chi connectivity index (χ1) is 6.72. The summed E-state index contributed by atoms with van der Waals surface area (Å²) in [4.78, 5) is 4.57. The summed E-state index contributed by atoms with van der Waals surface area (Å²) in [6.07, 6.45) is 3.29. The Kier molecular flexibility index (Phi) is 2.59. The fourth-order valence-corrected chi connectivity index (χ4v) is 1.65. The van der Waals surface area contributed by atoms with E-state index in [2.05, 4.69) is 18.8 Å². The first-order valence-corrected chi connectivity index (χ1v) is 5.42. The van der Waals surface area contributed by atoms with E-state index in [0.717, 1.165) is 23.8 Å². The number of oxazole rings is 1. The molecule has 0 saturated heterocycles. The van der Waals surface area contributed by atoms with Crippen LogP contribution in [0, 0.1) is 0 Å². The van der Waals surface area contributed by atoms with Gasteiger partial charge in [-0.25, -0.2) is 4.98 Å². The molecule has 0 unspecified atom stereocenters. The van der Waals surface area contributed by atoms with Gasteiger partial charge in [0.1, 0.15) is 5.76 Å². The Balaban J connectivity index is 2.25. The molecule has 0 radical (unpaired) electrons. The zero-order valence-corrected chi connectivity index (χ0v) is 8.92. The second-order valence-corrected chi connectivity index (χ2v) is 4.33. The van der Waals surface area contributed by atoms with Gasteiger partial charge in [-0.2, -0.15) is 0 Å². The standard InChI is InChI=1S/C11H18N2O/c1-7(2)10-9(5-6-12)14-11(13-10)8-3-4-8/h7-8H,3-6,12H2,1-2H3. The molecular weight excluding hydrogens is 176 g/mol. The van der Waals surface area contributed by atoms with Crippen LogP contribution in [0.25, 0.3) is 0 Å². The van der Waals surface area contributed by atoms with Gasteiger partial charge in [0.25, 0.3) is 0 Å². The first kappa shape index (κ1) is 9.71. The summed E-state index contributed by atoms with van der Waals surface area (Å²) < 4.78 is 5.75. The van der Waals surface area contributed by atoms with Gasteiger partial charge in [-0.15, -0.1) is 0 Å². The molecule has 1 heterocycles.